The van der Waals surface area contributed by atoms with Crippen LogP contribution in [-0.4, -0.2) is 55.1 Å². The first-order valence-electron chi connectivity index (χ1n) is 10.1. The highest BCUT2D eigenvalue weighted by Gasteiger charge is 2.26. The van der Waals surface area contributed by atoms with Crippen LogP contribution in [0.4, 0.5) is 0 Å². The Morgan fingerprint density at radius 3 is 1.94 bits per heavy atom. The standard InChI is InChI=1S/C24H26N2O3.2ClH/c27-24(22-12-7-18-28-22)29-19-17-25-13-15-26(16-14-25)23(20-8-3-1-4-9-20)21-10-5-2-6-11-21;;/h1-12,18,23H,13-17,19H2;2*1H. The van der Waals surface area contributed by atoms with E-state index in [9.17, 15) is 4.79 Å². The third-order valence-corrected chi connectivity index (χ3v) is 5.37. The Morgan fingerprint density at radius 2 is 1.42 bits per heavy atom. The van der Waals surface area contributed by atoms with Crippen molar-refractivity contribution in [3.05, 3.63) is 95.9 Å². The zero-order chi connectivity index (χ0) is 19.9. The van der Waals surface area contributed by atoms with Gasteiger partial charge in [0.2, 0.25) is 5.76 Å². The first-order chi connectivity index (χ1) is 14.3. The van der Waals surface area contributed by atoms with Gasteiger partial charge in [-0.15, -0.1) is 24.8 Å². The van der Waals surface area contributed by atoms with Gasteiger partial charge in [0.15, 0.2) is 0 Å². The predicted molar refractivity (Wildman–Crippen MR) is 126 cm³/mol. The molecule has 1 aliphatic heterocycles. The minimum atomic E-state index is -0.401. The van der Waals surface area contributed by atoms with Crippen LogP contribution in [0.25, 0.3) is 0 Å². The summed E-state index contributed by atoms with van der Waals surface area (Å²) in [4.78, 5) is 16.7. The van der Waals surface area contributed by atoms with Crippen molar-refractivity contribution in [1.29, 1.82) is 0 Å². The number of piperazine rings is 1. The van der Waals surface area contributed by atoms with E-state index >= 15 is 0 Å². The molecule has 0 unspecified atom stereocenters. The van der Waals surface area contributed by atoms with Gasteiger partial charge in [0, 0.05) is 32.7 Å². The summed E-state index contributed by atoms with van der Waals surface area (Å²) in [5.74, 6) is -0.148. The number of ether oxygens (including phenoxy) is 1. The van der Waals surface area contributed by atoms with Crippen molar-refractivity contribution in [1.82, 2.24) is 9.80 Å². The molecule has 31 heavy (non-hydrogen) atoms. The van der Waals surface area contributed by atoms with Gasteiger partial charge in [-0.1, -0.05) is 60.7 Å². The van der Waals surface area contributed by atoms with Gasteiger partial charge in [0.25, 0.3) is 0 Å². The van der Waals surface area contributed by atoms with Crippen LogP contribution in [0.15, 0.2) is 83.5 Å². The Morgan fingerprint density at radius 1 is 0.839 bits per heavy atom. The lowest BCUT2D eigenvalue weighted by Gasteiger charge is -2.39. The number of furan rings is 1. The summed E-state index contributed by atoms with van der Waals surface area (Å²) < 4.78 is 10.4. The third-order valence-electron chi connectivity index (χ3n) is 5.37. The van der Waals surface area contributed by atoms with Crippen LogP contribution < -0.4 is 0 Å². The number of esters is 1. The molecule has 1 saturated heterocycles. The molecule has 4 rings (SSSR count). The molecular formula is C24H28Cl2N2O3. The summed E-state index contributed by atoms with van der Waals surface area (Å²) in [6, 6.07) is 24.9. The molecule has 0 bridgehead atoms. The molecule has 1 aliphatic rings. The Bertz CT molecular complexity index is 844. The van der Waals surface area contributed by atoms with Gasteiger partial charge in [-0.05, 0) is 23.3 Å². The molecule has 166 valence electrons. The van der Waals surface area contributed by atoms with Crippen molar-refractivity contribution >= 4 is 30.8 Å². The Balaban J connectivity index is 0.00000171. The average molecular weight is 463 g/mol. The lowest BCUT2D eigenvalue weighted by Crippen LogP contribution is -2.48. The van der Waals surface area contributed by atoms with Crippen LogP contribution in [0.3, 0.4) is 0 Å². The number of carbonyl (C=O) groups is 1. The molecule has 0 N–H and O–H groups in total. The SMILES string of the molecule is Cl.Cl.O=C(OCCN1CCN(C(c2ccccc2)c2ccccc2)CC1)c1ccco1. The van der Waals surface area contributed by atoms with Crippen molar-refractivity contribution < 1.29 is 13.9 Å². The first kappa shape index (κ1) is 25.0. The summed E-state index contributed by atoms with van der Waals surface area (Å²) in [5, 5.41) is 0. The smallest absolute Gasteiger partial charge is 0.374 e. The summed E-state index contributed by atoms with van der Waals surface area (Å²) >= 11 is 0. The van der Waals surface area contributed by atoms with Crippen molar-refractivity contribution in [2.45, 2.75) is 6.04 Å². The Hall–Kier alpha value is -2.31. The summed E-state index contributed by atoms with van der Waals surface area (Å²) in [5.41, 5.74) is 2.64. The molecule has 0 atom stereocenters. The van der Waals surface area contributed by atoms with Crippen molar-refractivity contribution in [3.8, 4) is 0 Å². The fourth-order valence-electron chi connectivity index (χ4n) is 3.86. The maximum absolute atomic E-state index is 11.9. The second-order valence-corrected chi connectivity index (χ2v) is 7.21. The second-order valence-electron chi connectivity index (χ2n) is 7.21. The topological polar surface area (TPSA) is 45.9 Å². The molecule has 5 nitrogen and oxygen atoms in total. The van der Waals surface area contributed by atoms with Crippen molar-refractivity contribution in [2.24, 2.45) is 0 Å². The van der Waals surface area contributed by atoms with Crippen LogP contribution in [0.2, 0.25) is 0 Å². The number of benzene rings is 2. The van der Waals surface area contributed by atoms with E-state index in [-0.39, 0.29) is 36.6 Å². The van der Waals surface area contributed by atoms with E-state index in [2.05, 4.69) is 70.5 Å². The van der Waals surface area contributed by atoms with Crippen LogP contribution in [0, 0.1) is 0 Å². The number of nitrogens with zero attached hydrogens (tertiary/aromatic N) is 2. The minimum absolute atomic E-state index is 0. The average Bonchev–Trinajstić information content (AvgIpc) is 3.32. The number of carbonyl (C=O) groups excluding carboxylic acids is 1. The van der Waals surface area contributed by atoms with Gasteiger partial charge in [-0.2, -0.15) is 0 Å². The number of rotatable bonds is 7. The molecule has 0 aliphatic carbocycles. The number of hydrogen-bond donors (Lipinski definition) is 0. The molecule has 2 aromatic carbocycles. The van der Waals surface area contributed by atoms with Crippen LogP contribution in [0.5, 0.6) is 0 Å². The summed E-state index contributed by atoms with van der Waals surface area (Å²) in [6.07, 6.45) is 1.48. The number of hydrogen-bond acceptors (Lipinski definition) is 5. The molecule has 0 radical (unpaired) electrons. The van der Waals surface area contributed by atoms with E-state index < -0.39 is 5.97 Å². The molecule has 0 spiro atoms. The van der Waals surface area contributed by atoms with Crippen LogP contribution in [0.1, 0.15) is 27.7 Å². The monoisotopic (exact) mass is 462 g/mol. The zero-order valence-electron chi connectivity index (χ0n) is 17.3. The summed E-state index contributed by atoms with van der Waals surface area (Å²) in [6.45, 7) is 4.96. The maximum atomic E-state index is 11.9. The van der Waals surface area contributed by atoms with Gasteiger partial charge < -0.3 is 9.15 Å². The van der Waals surface area contributed by atoms with Crippen LogP contribution in [-0.2, 0) is 4.74 Å². The van der Waals surface area contributed by atoms with Gasteiger partial charge in [0.1, 0.15) is 6.61 Å². The van der Waals surface area contributed by atoms with Gasteiger partial charge in [0.05, 0.1) is 12.3 Å². The number of halogens is 2. The van der Waals surface area contributed by atoms with E-state index in [0.717, 1.165) is 32.7 Å². The molecule has 1 fully saturated rings. The maximum Gasteiger partial charge on any atom is 0.374 e. The largest absolute Gasteiger partial charge is 0.458 e. The van der Waals surface area contributed by atoms with Crippen LogP contribution >= 0.6 is 24.8 Å². The Kier molecular flexibility index (Phi) is 10.1. The molecule has 1 aromatic heterocycles. The zero-order valence-corrected chi connectivity index (χ0v) is 18.9. The molecule has 7 heteroatoms. The predicted octanol–water partition coefficient (Wildman–Crippen LogP) is 4.69. The van der Waals surface area contributed by atoms with Crippen molar-refractivity contribution in [2.75, 3.05) is 39.3 Å². The highest BCUT2D eigenvalue weighted by molar-refractivity contribution is 5.86. The molecule has 2 heterocycles. The molecule has 3 aromatic rings. The lowest BCUT2D eigenvalue weighted by molar-refractivity contribution is 0.0375. The van der Waals surface area contributed by atoms with E-state index in [1.54, 1.807) is 12.1 Å². The van der Waals surface area contributed by atoms with E-state index in [4.69, 9.17) is 9.15 Å². The molecule has 0 amide bonds. The fourth-order valence-corrected chi connectivity index (χ4v) is 3.86. The highest BCUT2D eigenvalue weighted by atomic mass is 35.5. The first-order valence-corrected chi connectivity index (χ1v) is 10.1. The van der Waals surface area contributed by atoms with Gasteiger partial charge in [-0.3, -0.25) is 9.80 Å². The summed E-state index contributed by atoms with van der Waals surface area (Å²) in [7, 11) is 0. The normalized spacial score (nSPS) is 14.5. The van der Waals surface area contributed by atoms with E-state index in [1.165, 1.54) is 17.4 Å². The fraction of sp³-hybridized carbons (Fsp3) is 0.292. The third kappa shape index (κ3) is 6.58. The minimum Gasteiger partial charge on any atom is -0.458 e. The van der Waals surface area contributed by atoms with E-state index in [1.807, 2.05) is 0 Å². The highest BCUT2D eigenvalue weighted by Crippen LogP contribution is 2.29. The lowest BCUT2D eigenvalue weighted by atomic mass is 9.96. The van der Waals surface area contributed by atoms with Gasteiger partial charge in [-0.25, -0.2) is 4.79 Å². The van der Waals surface area contributed by atoms with E-state index in [0.29, 0.717) is 6.61 Å². The quantitative estimate of drug-likeness (QED) is 0.476. The second kappa shape index (κ2) is 12.5. The van der Waals surface area contributed by atoms with Crippen molar-refractivity contribution in [3.63, 3.8) is 0 Å². The molecular weight excluding hydrogens is 435 g/mol. The van der Waals surface area contributed by atoms with Gasteiger partial charge >= 0.3 is 5.97 Å². The Labute approximate surface area is 195 Å². The molecule has 0 saturated carbocycles.